The number of aromatic nitrogens is 8. The Morgan fingerprint density at radius 1 is 1.09 bits per heavy atom. The molecule has 10 atom stereocenters. The molecule has 4 saturated heterocycles. The third-order valence-electron chi connectivity index (χ3n) is 8.18. The predicted octanol–water partition coefficient (Wildman–Crippen LogP) is -0.915. The number of nitrogen functional groups attached to an aromatic ring is 1. The average Bonchev–Trinajstić information content (AvgIpc) is 3.80. The topological polar surface area (TPSA) is 255 Å². The van der Waals surface area contributed by atoms with E-state index in [1.54, 1.807) is 6.92 Å². The van der Waals surface area contributed by atoms with Crippen molar-refractivity contribution in [3.63, 3.8) is 0 Å². The van der Waals surface area contributed by atoms with Crippen molar-refractivity contribution < 1.29 is 46.9 Å². The number of H-pyrrole nitrogens is 1. The van der Waals surface area contributed by atoms with Crippen LogP contribution in [0, 0.1) is 6.92 Å². The van der Waals surface area contributed by atoms with Gasteiger partial charge in [-0.05, 0) is 18.7 Å². The number of fused-ring (bicyclic) bond motifs is 4. The van der Waals surface area contributed by atoms with Crippen molar-refractivity contribution in [1.82, 2.24) is 39.0 Å². The van der Waals surface area contributed by atoms with Gasteiger partial charge in [0.2, 0.25) is 7.57 Å². The van der Waals surface area contributed by atoms with Gasteiger partial charge in [0.05, 0.1) is 32.5 Å². The standard InChI is InChI=1S/C22H24BN9O11P2S/c1-8-29-18-11(19(34)30-8)28-7-32(18)20-13-12(33)9(40-20)2-38-44(23,35)43-15-14-21(31-6-27-10-16(24)25-5-26-17(10)31)41-22(15,3-37-14)4-39-45(36,46)42-13/h5-7,9,12-15,20-21,33H,2-4H2,1H3,(H,36,46)(H2,24,25,26)(H,29,30,34)/t9?,12?,13?,14?,15?,20?,21?,22?,44-,45?/m1/s1. The maximum absolute atomic E-state index is 13.6. The summed E-state index contributed by atoms with van der Waals surface area (Å²) in [5, 5.41) is 11.2. The van der Waals surface area contributed by atoms with Crippen molar-refractivity contribution in [2.75, 3.05) is 25.6 Å². The summed E-state index contributed by atoms with van der Waals surface area (Å²) in [7, 11) is 1.63. The lowest BCUT2D eigenvalue weighted by atomic mass is 10.0. The maximum atomic E-state index is 13.6. The van der Waals surface area contributed by atoms with Crippen LogP contribution < -0.4 is 11.3 Å². The number of aryl methyl sites for hydroxylation is 1. The summed E-state index contributed by atoms with van der Waals surface area (Å²) < 4.78 is 57.9. The van der Waals surface area contributed by atoms with Crippen molar-refractivity contribution in [3.8, 4) is 0 Å². The normalized spacial score (nSPS) is 39.7. The van der Waals surface area contributed by atoms with Crippen molar-refractivity contribution in [1.29, 1.82) is 0 Å². The highest BCUT2D eigenvalue weighted by atomic mass is 32.5. The van der Waals surface area contributed by atoms with Gasteiger partial charge >= 0.3 is 6.72 Å². The molecule has 46 heavy (non-hydrogen) atoms. The number of nitrogens with two attached hydrogens (primary N) is 1. The number of imidazole rings is 2. The highest BCUT2D eigenvalue weighted by Gasteiger charge is 2.65. The summed E-state index contributed by atoms with van der Waals surface area (Å²) in [6.45, 7) is -3.81. The highest BCUT2D eigenvalue weighted by Crippen LogP contribution is 2.58. The third-order valence-corrected chi connectivity index (χ3v) is 10.7. The van der Waals surface area contributed by atoms with Gasteiger partial charge in [-0.25, -0.2) is 24.9 Å². The predicted molar refractivity (Wildman–Crippen MR) is 157 cm³/mol. The molecule has 4 aliphatic rings. The van der Waals surface area contributed by atoms with Crippen LogP contribution in [0.5, 0.6) is 0 Å². The Labute approximate surface area is 263 Å². The van der Waals surface area contributed by atoms with E-state index >= 15 is 0 Å². The second kappa shape index (κ2) is 10.6. The van der Waals surface area contributed by atoms with Crippen LogP contribution in [0.1, 0.15) is 18.3 Å². The van der Waals surface area contributed by atoms with Crippen LogP contribution in [0.15, 0.2) is 23.8 Å². The number of nitrogens with zero attached hydrogens (tertiary/aromatic N) is 7. The molecule has 4 aliphatic heterocycles. The summed E-state index contributed by atoms with van der Waals surface area (Å²) >= 11 is 5.36. The summed E-state index contributed by atoms with van der Waals surface area (Å²) in [5.74, 6) is 0.430. The molecule has 20 nitrogen and oxygen atoms in total. The Kier molecular flexibility index (Phi) is 7.08. The second-order valence-corrected chi connectivity index (χ2v) is 15.5. The molecule has 9 unspecified atom stereocenters. The molecule has 4 bridgehead atoms. The zero-order valence-electron chi connectivity index (χ0n) is 23.6. The van der Waals surface area contributed by atoms with E-state index in [2.05, 4.69) is 29.9 Å². The minimum atomic E-state index is -4.42. The number of aromatic amines is 1. The van der Waals surface area contributed by atoms with Crippen LogP contribution in [0.2, 0.25) is 0 Å². The number of rotatable bonds is 2. The van der Waals surface area contributed by atoms with Gasteiger partial charge in [0, 0.05) is 0 Å². The molecule has 2 radical (unpaired) electrons. The van der Waals surface area contributed by atoms with Crippen LogP contribution in [0.3, 0.4) is 0 Å². The Balaban J connectivity index is 1.14. The quantitative estimate of drug-likeness (QED) is 0.146. The third kappa shape index (κ3) is 4.87. The smallest absolute Gasteiger partial charge is 0.325 e. The van der Waals surface area contributed by atoms with E-state index in [9.17, 15) is 19.4 Å². The van der Waals surface area contributed by atoms with E-state index < -0.39 is 81.5 Å². The summed E-state index contributed by atoms with van der Waals surface area (Å²) in [4.78, 5) is 47.2. The zero-order chi connectivity index (χ0) is 32.2. The van der Waals surface area contributed by atoms with Gasteiger partial charge in [0.15, 0.2) is 35.1 Å². The van der Waals surface area contributed by atoms with Crippen molar-refractivity contribution in [2.24, 2.45) is 0 Å². The number of aliphatic hydroxyl groups excluding tert-OH is 1. The molecule has 0 spiro atoms. The molecule has 242 valence electrons. The molecule has 8 heterocycles. The van der Waals surface area contributed by atoms with E-state index in [1.807, 2.05) is 0 Å². The van der Waals surface area contributed by atoms with Gasteiger partial charge in [-0.3, -0.25) is 23.0 Å². The van der Waals surface area contributed by atoms with E-state index in [1.165, 1.54) is 28.1 Å². The molecular formula is C22H24BN9O11P2S. The summed E-state index contributed by atoms with van der Waals surface area (Å²) in [6, 6.07) is 0. The zero-order valence-corrected chi connectivity index (χ0v) is 26.2. The van der Waals surface area contributed by atoms with Crippen molar-refractivity contribution in [3.05, 3.63) is 35.2 Å². The van der Waals surface area contributed by atoms with Gasteiger partial charge in [-0.1, -0.05) is 0 Å². The fraction of sp³-hybridized carbons (Fsp3) is 0.545. The first-order chi connectivity index (χ1) is 21.8. The summed E-state index contributed by atoms with van der Waals surface area (Å²) in [6.07, 6.45) is -4.51. The molecule has 24 heteroatoms. The lowest BCUT2D eigenvalue weighted by molar-refractivity contribution is -0.183. The lowest BCUT2D eigenvalue weighted by Gasteiger charge is -2.33. The Hall–Kier alpha value is -2.72. The number of hydrogen-bond donors (Lipinski definition) is 4. The molecule has 4 aromatic heterocycles. The first-order valence-corrected chi connectivity index (χ1v) is 17.9. The lowest BCUT2D eigenvalue weighted by Crippen LogP contribution is -2.45. The second-order valence-electron chi connectivity index (χ2n) is 11.1. The van der Waals surface area contributed by atoms with Crippen LogP contribution in [0.25, 0.3) is 22.3 Å². The molecule has 8 rings (SSSR count). The number of anilines is 1. The molecule has 0 saturated carbocycles. The van der Waals surface area contributed by atoms with E-state index in [4.69, 9.17) is 57.4 Å². The van der Waals surface area contributed by atoms with Gasteiger partial charge in [-0.2, -0.15) is 0 Å². The van der Waals surface area contributed by atoms with Gasteiger partial charge in [0.25, 0.3) is 13.0 Å². The fourth-order valence-electron chi connectivity index (χ4n) is 6.09. The van der Waals surface area contributed by atoms with E-state index in [-0.39, 0.29) is 29.4 Å². The first kappa shape index (κ1) is 30.6. The average molecular weight is 695 g/mol. The molecular weight excluding hydrogens is 671 g/mol. The van der Waals surface area contributed by atoms with Gasteiger partial charge < -0.3 is 48.5 Å². The molecule has 4 fully saturated rings. The number of nitrogens with one attached hydrogen (secondary N) is 1. The maximum Gasteiger partial charge on any atom is 0.325 e. The largest absolute Gasteiger partial charge is 0.387 e. The van der Waals surface area contributed by atoms with Crippen molar-refractivity contribution >= 4 is 61.7 Å². The Morgan fingerprint density at radius 2 is 1.85 bits per heavy atom. The Bertz CT molecular complexity index is 2030. The first-order valence-electron chi connectivity index (χ1n) is 13.7. The molecule has 0 aliphatic carbocycles. The van der Waals surface area contributed by atoms with Crippen LogP contribution in [-0.4, -0.2) is 113 Å². The van der Waals surface area contributed by atoms with Gasteiger partial charge in [0.1, 0.15) is 53.8 Å². The van der Waals surface area contributed by atoms with Crippen LogP contribution >= 0.6 is 14.2 Å². The molecule has 0 aromatic carbocycles. The van der Waals surface area contributed by atoms with Crippen LogP contribution in [-0.2, 0) is 48.7 Å². The minimum absolute atomic E-state index is 0.00947. The molecule has 4 aromatic rings. The van der Waals surface area contributed by atoms with Crippen molar-refractivity contribution in [2.45, 2.75) is 55.5 Å². The minimum Gasteiger partial charge on any atom is -0.387 e. The Morgan fingerprint density at radius 3 is 2.65 bits per heavy atom. The number of hydrogen-bond acceptors (Lipinski definition) is 17. The molecule has 0 amide bonds. The van der Waals surface area contributed by atoms with E-state index in [0.29, 0.717) is 11.2 Å². The van der Waals surface area contributed by atoms with Crippen LogP contribution in [0.4, 0.5) is 5.82 Å². The molecule has 5 N–H and O–H groups in total. The summed E-state index contributed by atoms with van der Waals surface area (Å²) in [5.41, 5.74) is 4.66. The van der Waals surface area contributed by atoms with Gasteiger partial charge in [-0.15, -0.1) is 0 Å². The monoisotopic (exact) mass is 695 g/mol. The highest BCUT2D eigenvalue weighted by molar-refractivity contribution is 8.07. The number of aliphatic hydroxyl groups is 1. The SMILES string of the molecule is [B][P@@]1(=O)OCC2OC(n3cnc4c(=O)[nH]c(C)nc43)C(OP(O)(=S)OCC34COC(C(n5cnc6c(N)ncnc65)O3)C4O1)C2O. The van der Waals surface area contributed by atoms with E-state index in [0.717, 1.165) is 0 Å². The number of ether oxygens (including phenoxy) is 3. The fourth-order valence-corrected chi connectivity index (χ4v) is 8.57.